The van der Waals surface area contributed by atoms with E-state index in [-0.39, 0.29) is 39.0 Å². The van der Waals surface area contributed by atoms with Crippen molar-refractivity contribution in [3.63, 3.8) is 0 Å². The molecule has 0 aliphatic carbocycles. The zero-order valence-electron chi connectivity index (χ0n) is 3.97. The Balaban J connectivity index is -0.00000000450. The molecule has 0 aromatic heterocycles. The molecule has 0 bridgehead atoms. The van der Waals surface area contributed by atoms with Gasteiger partial charge >= 0.3 is 0 Å². The Labute approximate surface area is 60.3 Å². The molecule has 8 N–H and O–H groups in total. The minimum Gasteiger partial charge on any atom is -0.412 e. The van der Waals surface area contributed by atoms with Crippen molar-refractivity contribution < 1.29 is 44.1 Å². The largest absolute Gasteiger partial charge is 0.412 e. The van der Waals surface area contributed by atoms with Crippen LogP contribution in [0.15, 0.2) is 0 Å². The van der Waals surface area contributed by atoms with Gasteiger partial charge in [-0.25, -0.2) is 0 Å². The predicted octanol–water partition coefficient (Wildman–Crippen LogP) is -3.54. The Hall–Kier alpha value is -0.441. The third kappa shape index (κ3) is 1200. The maximum Gasteiger partial charge on any atom is 0.0689 e. The maximum absolute atomic E-state index is 8.25. The van der Waals surface area contributed by atoms with Gasteiger partial charge in [0.25, 0.3) is 0 Å². The average Bonchev–Trinajstić information content (AvgIpc) is 0.811. The fourth-order valence-corrected chi connectivity index (χ4v) is 0. The average molecular weight is 198 g/mol. The second-order valence-corrected chi connectivity index (χ2v) is 0.224. The van der Waals surface area contributed by atoms with Crippen LogP contribution in [0.5, 0.6) is 0 Å². The fraction of sp³-hybridized carbons (Fsp3) is 0. The first-order valence-electron chi connectivity index (χ1n) is 0.548. The third-order valence-electron chi connectivity index (χ3n) is 0. The second kappa shape index (κ2) is 49.7. The zero-order chi connectivity index (χ0) is 3.58. The van der Waals surface area contributed by atoms with Crippen LogP contribution in [0.1, 0.15) is 0 Å². The first-order chi connectivity index (χ1) is 1.73. The maximum atomic E-state index is 8.25. The molecule has 0 atom stereocenters. The quantitative estimate of drug-likeness (QED) is 0.221. The summed E-state index contributed by atoms with van der Waals surface area (Å²) in [4.78, 5) is 8.25. The van der Waals surface area contributed by atoms with Crippen LogP contribution >= 0.6 is 0 Å². The first-order valence-corrected chi connectivity index (χ1v) is 0.548. The summed E-state index contributed by atoms with van der Waals surface area (Å²) in [5, 5.41) is 14.8. The van der Waals surface area contributed by atoms with E-state index in [1.807, 2.05) is 0 Å². The Kier molecular flexibility index (Phi) is 412. The van der Waals surface area contributed by atoms with E-state index in [0.717, 1.165) is 0 Å². The van der Waals surface area contributed by atoms with Crippen molar-refractivity contribution in [1.29, 1.82) is 0 Å². The van der Waals surface area contributed by atoms with E-state index in [0.29, 0.717) is 0 Å². The Morgan fingerprint density at radius 3 is 0.889 bits per heavy atom. The summed E-state index contributed by atoms with van der Waals surface area (Å²) in [6.45, 7) is 0. The normalized spacial score (nSPS) is 2.67. The van der Waals surface area contributed by atoms with E-state index < -0.39 is 5.09 Å². The Bertz CT molecular complexity index is 31.9. The standard InChI is InChI=1S/Cu.NO3.4H2O/c;2-1(3)4;;;;/h;;4*1H2/q;-1;;;;. The van der Waals surface area contributed by atoms with E-state index in [1.165, 1.54) is 0 Å². The van der Waals surface area contributed by atoms with Gasteiger partial charge in [-0.15, -0.1) is 0 Å². The molecule has 9 heteroatoms. The van der Waals surface area contributed by atoms with Crippen molar-refractivity contribution >= 4 is 0 Å². The molecule has 0 aliphatic rings. The molecule has 0 rings (SSSR count). The van der Waals surface area contributed by atoms with Crippen molar-refractivity contribution in [3.8, 4) is 0 Å². The van der Waals surface area contributed by atoms with E-state index in [4.69, 9.17) is 15.3 Å². The smallest absolute Gasteiger partial charge is 0.0689 e. The van der Waals surface area contributed by atoms with Gasteiger partial charge in [-0.1, -0.05) is 0 Å². The van der Waals surface area contributed by atoms with Crippen molar-refractivity contribution in [2.45, 2.75) is 0 Å². The summed E-state index contributed by atoms with van der Waals surface area (Å²) in [5.41, 5.74) is 0. The molecular weight excluding hydrogens is 190 g/mol. The molecule has 0 heterocycles. The molecule has 9 heavy (non-hydrogen) atoms. The Morgan fingerprint density at radius 2 is 0.889 bits per heavy atom. The van der Waals surface area contributed by atoms with Gasteiger partial charge in [0.05, 0.1) is 5.09 Å². The van der Waals surface area contributed by atoms with Gasteiger partial charge in [-0.3, -0.25) is 0 Å². The molecule has 0 spiro atoms. The van der Waals surface area contributed by atoms with Gasteiger partial charge in [0.1, 0.15) is 0 Å². The number of hydrogen-bond acceptors (Lipinski definition) is 3. The summed E-state index contributed by atoms with van der Waals surface area (Å²) < 4.78 is 0. The van der Waals surface area contributed by atoms with Crippen LogP contribution in [-0.4, -0.2) is 27.0 Å². The number of nitrogens with zero attached hydrogens (tertiary/aromatic N) is 1. The summed E-state index contributed by atoms with van der Waals surface area (Å²) >= 11 is 0. The van der Waals surface area contributed by atoms with E-state index in [9.17, 15) is 0 Å². The van der Waals surface area contributed by atoms with Crippen molar-refractivity contribution in [3.05, 3.63) is 15.3 Å². The van der Waals surface area contributed by atoms with E-state index in [1.54, 1.807) is 0 Å². The van der Waals surface area contributed by atoms with E-state index >= 15 is 0 Å². The minimum atomic E-state index is -1.75. The molecule has 8 nitrogen and oxygen atoms in total. The van der Waals surface area contributed by atoms with Gasteiger partial charge in [0.2, 0.25) is 0 Å². The monoisotopic (exact) mass is 197 g/mol. The topological polar surface area (TPSA) is 192 Å². The molecule has 0 aromatic rings. The molecular formula is H8CuNO7-. The van der Waals surface area contributed by atoms with Crippen molar-refractivity contribution in [1.82, 2.24) is 0 Å². The van der Waals surface area contributed by atoms with Gasteiger partial charge < -0.3 is 37.2 Å². The van der Waals surface area contributed by atoms with Gasteiger partial charge in [0, 0.05) is 17.1 Å². The molecule has 67 valence electrons. The van der Waals surface area contributed by atoms with Crippen LogP contribution in [0, 0.1) is 15.3 Å². The SMILES string of the molecule is O.O.O.O.O=[N+]([O-])[O-].[Cu]. The first kappa shape index (κ1) is 74.7. The van der Waals surface area contributed by atoms with Crippen molar-refractivity contribution in [2.75, 3.05) is 0 Å². The number of rotatable bonds is 0. The predicted molar refractivity (Wildman–Crippen MR) is 24.8 cm³/mol. The Morgan fingerprint density at radius 1 is 0.889 bits per heavy atom. The van der Waals surface area contributed by atoms with Gasteiger partial charge in [-0.2, -0.15) is 0 Å². The van der Waals surface area contributed by atoms with Crippen LogP contribution in [0.4, 0.5) is 0 Å². The number of hydrogen-bond donors (Lipinski definition) is 0. The summed E-state index contributed by atoms with van der Waals surface area (Å²) in [7, 11) is 0. The molecule has 1 radical (unpaired) electrons. The van der Waals surface area contributed by atoms with E-state index in [2.05, 4.69) is 0 Å². The van der Waals surface area contributed by atoms with Crippen LogP contribution in [0.3, 0.4) is 0 Å². The molecule has 0 amide bonds. The molecule has 0 saturated carbocycles. The van der Waals surface area contributed by atoms with Gasteiger partial charge in [-0.05, 0) is 0 Å². The van der Waals surface area contributed by atoms with Crippen LogP contribution < -0.4 is 0 Å². The second-order valence-electron chi connectivity index (χ2n) is 0.224. The molecule has 0 aromatic carbocycles. The van der Waals surface area contributed by atoms with Gasteiger partial charge in [0.15, 0.2) is 0 Å². The van der Waals surface area contributed by atoms with Crippen LogP contribution in [0.25, 0.3) is 0 Å². The molecule has 0 fully saturated rings. The molecule has 0 saturated heterocycles. The minimum absolute atomic E-state index is 0. The fourth-order valence-electron chi connectivity index (χ4n) is 0. The summed E-state index contributed by atoms with van der Waals surface area (Å²) in [5.74, 6) is 0. The van der Waals surface area contributed by atoms with Crippen LogP contribution in [-0.2, 0) is 17.1 Å². The molecule has 0 aliphatic heterocycles. The molecule has 0 unspecified atom stereocenters. The third-order valence-corrected chi connectivity index (χ3v) is 0. The zero-order valence-corrected chi connectivity index (χ0v) is 4.92. The summed E-state index contributed by atoms with van der Waals surface area (Å²) in [6.07, 6.45) is 0. The summed E-state index contributed by atoms with van der Waals surface area (Å²) in [6, 6.07) is 0. The van der Waals surface area contributed by atoms with Crippen molar-refractivity contribution in [2.24, 2.45) is 0 Å². The van der Waals surface area contributed by atoms with Crippen LogP contribution in [0.2, 0.25) is 0 Å².